The van der Waals surface area contributed by atoms with Crippen LogP contribution in [0.2, 0.25) is 0 Å². The van der Waals surface area contributed by atoms with Crippen LogP contribution >= 0.6 is 0 Å². The van der Waals surface area contributed by atoms with Crippen molar-refractivity contribution >= 4 is 47.8 Å². The van der Waals surface area contributed by atoms with Gasteiger partial charge in [-0.25, -0.2) is 4.98 Å². The zero-order chi connectivity index (χ0) is 35.1. The molecule has 1 saturated heterocycles. The molecule has 2 aromatic heterocycles. The normalized spacial score (nSPS) is 14.6. The number of rotatable bonds is 11. The fraction of sp³-hybridized carbons (Fsp3) is 0.278. The van der Waals surface area contributed by atoms with Crippen LogP contribution in [0.1, 0.15) is 50.7 Å². The number of nitrogens with zero attached hydrogens (tertiary/aromatic N) is 5. The summed E-state index contributed by atoms with van der Waals surface area (Å²) in [7, 11) is 6.94. The Balaban J connectivity index is 0.000000244. The molecule has 0 aliphatic carbocycles. The first-order valence-electron chi connectivity index (χ1n) is 15.7. The average molecular weight is 666 g/mol. The van der Waals surface area contributed by atoms with Gasteiger partial charge in [-0.05, 0) is 42.7 Å². The highest BCUT2D eigenvalue weighted by Crippen LogP contribution is 2.38. The Hall–Kier alpha value is -5.98. The predicted octanol–water partition coefficient (Wildman–Crippen LogP) is 5.07. The first kappa shape index (κ1) is 34.4. The molecule has 1 fully saturated rings. The molecular formula is C36H39N7O6. The number of aryl methyl sites for hydroxylation is 2. The van der Waals surface area contributed by atoms with Gasteiger partial charge in [-0.3, -0.25) is 24.2 Å². The predicted molar refractivity (Wildman–Crippen MR) is 187 cm³/mol. The van der Waals surface area contributed by atoms with Crippen LogP contribution in [0.25, 0.3) is 11.1 Å². The zero-order valence-corrected chi connectivity index (χ0v) is 27.9. The SMILES string of the molecule is C=C1CC2C=Nc3cc(OCCCC(=O)Nc4cn(C)c(C=O)n4)c(OC)cc3C(=O)N2C1.CNc1ccc(-c2cc(C=O)n(C)c2)cc1. The molecule has 13 heteroatoms. The minimum atomic E-state index is -0.236. The molecule has 6 rings (SSSR count). The van der Waals surface area contributed by atoms with Crippen molar-refractivity contribution in [1.82, 2.24) is 19.0 Å². The number of anilines is 2. The van der Waals surface area contributed by atoms with E-state index in [-0.39, 0.29) is 36.7 Å². The number of nitrogens with one attached hydrogen (secondary N) is 2. The molecule has 4 aromatic rings. The molecule has 1 atom stereocenters. The smallest absolute Gasteiger partial charge is 0.257 e. The van der Waals surface area contributed by atoms with Crippen molar-refractivity contribution in [3.05, 3.63) is 84.1 Å². The van der Waals surface area contributed by atoms with Crippen LogP contribution in [0.3, 0.4) is 0 Å². The molecule has 2 aliphatic rings. The van der Waals surface area contributed by atoms with E-state index >= 15 is 0 Å². The Morgan fingerprint density at radius 3 is 2.47 bits per heavy atom. The zero-order valence-electron chi connectivity index (χ0n) is 27.9. The Morgan fingerprint density at radius 1 is 1.04 bits per heavy atom. The summed E-state index contributed by atoms with van der Waals surface area (Å²) in [6.45, 7) is 4.77. The third-order valence-corrected chi connectivity index (χ3v) is 8.21. The Kier molecular flexibility index (Phi) is 10.7. The molecule has 2 aromatic carbocycles. The van der Waals surface area contributed by atoms with Crippen LogP contribution in [0.5, 0.6) is 11.5 Å². The Morgan fingerprint density at radius 2 is 1.82 bits per heavy atom. The van der Waals surface area contributed by atoms with Crippen LogP contribution in [0, 0.1) is 0 Å². The lowest BCUT2D eigenvalue weighted by molar-refractivity contribution is -0.116. The van der Waals surface area contributed by atoms with Gasteiger partial charge in [-0.2, -0.15) is 0 Å². The first-order chi connectivity index (χ1) is 23.6. The minimum absolute atomic E-state index is 0.0898. The second-order valence-corrected chi connectivity index (χ2v) is 11.7. The summed E-state index contributed by atoms with van der Waals surface area (Å²) in [5.41, 5.74) is 5.93. The second-order valence-electron chi connectivity index (χ2n) is 11.7. The van der Waals surface area contributed by atoms with Gasteiger partial charge in [0.05, 0.1) is 36.7 Å². The van der Waals surface area contributed by atoms with Gasteiger partial charge < -0.3 is 34.1 Å². The molecule has 49 heavy (non-hydrogen) atoms. The van der Waals surface area contributed by atoms with Crippen molar-refractivity contribution in [2.45, 2.75) is 25.3 Å². The number of hydrogen-bond acceptors (Lipinski definition) is 9. The van der Waals surface area contributed by atoms with Crippen LogP contribution in [0.15, 0.2) is 72.0 Å². The van der Waals surface area contributed by atoms with Crippen molar-refractivity contribution in [1.29, 1.82) is 0 Å². The molecular weight excluding hydrogens is 626 g/mol. The second kappa shape index (κ2) is 15.3. The third-order valence-electron chi connectivity index (χ3n) is 8.21. The molecule has 0 saturated carbocycles. The molecule has 2 N–H and O–H groups in total. The Labute approximate surface area is 284 Å². The highest BCUT2D eigenvalue weighted by molar-refractivity contribution is 6.04. The summed E-state index contributed by atoms with van der Waals surface area (Å²) >= 11 is 0. The van der Waals surface area contributed by atoms with Crippen LogP contribution in [-0.2, 0) is 18.9 Å². The highest BCUT2D eigenvalue weighted by atomic mass is 16.5. The van der Waals surface area contributed by atoms with Crippen molar-refractivity contribution < 1.29 is 28.7 Å². The largest absolute Gasteiger partial charge is 0.493 e. The number of imidazole rings is 1. The monoisotopic (exact) mass is 665 g/mol. The van der Waals surface area contributed by atoms with Gasteiger partial charge in [-0.1, -0.05) is 24.3 Å². The summed E-state index contributed by atoms with van der Waals surface area (Å²) < 4.78 is 14.6. The van der Waals surface area contributed by atoms with E-state index in [0.29, 0.717) is 59.9 Å². The van der Waals surface area contributed by atoms with E-state index in [1.807, 2.05) is 55.2 Å². The molecule has 0 spiro atoms. The molecule has 0 radical (unpaired) electrons. The van der Waals surface area contributed by atoms with E-state index in [2.05, 4.69) is 27.2 Å². The van der Waals surface area contributed by atoms with Crippen LogP contribution in [-0.4, -0.2) is 83.0 Å². The lowest BCUT2D eigenvalue weighted by atomic mass is 10.1. The lowest BCUT2D eigenvalue weighted by Crippen LogP contribution is -2.35. The molecule has 4 heterocycles. The molecule has 2 aliphatic heterocycles. The maximum Gasteiger partial charge on any atom is 0.257 e. The first-order valence-corrected chi connectivity index (χ1v) is 15.7. The van der Waals surface area contributed by atoms with Gasteiger partial charge in [0.25, 0.3) is 5.91 Å². The maximum atomic E-state index is 13.0. The van der Waals surface area contributed by atoms with E-state index in [4.69, 9.17) is 9.47 Å². The number of benzene rings is 2. The average Bonchev–Trinajstić information content (AvgIpc) is 3.77. The molecule has 2 amide bonds. The number of fused-ring (bicyclic) bond motifs is 2. The summed E-state index contributed by atoms with van der Waals surface area (Å²) in [6.07, 6.45) is 8.15. The standard InChI is InChI=1S/C23H25N5O5.C13H14N2O/c1-14-7-15-10-24-17-9-19(18(32-3)8-16(17)23(31)28(15)11-14)33-6-4-5-22(30)26-20-12-27(2)21(13-29)25-20;1-14-12-5-3-10(4-6-12)11-7-13(9-16)15(2)8-11/h8-10,12-13,15H,1,4-7,11H2,2-3H3,(H,26,30);3-9,14H,1-2H3. The van der Waals surface area contributed by atoms with Gasteiger partial charge >= 0.3 is 0 Å². The van der Waals surface area contributed by atoms with Gasteiger partial charge in [-0.15, -0.1) is 0 Å². The number of hydrogen-bond donors (Lipinski definition) is 2. The number of aldehydes is 2. The quantitative estimate of drug-likeness (QED) is 0.128. The minimum Gasteiger partial charge on any atom is -0.493 e. The fourth-order valence-corrected chi connectivity index (χ4v) is 5.56. The number of carbonyl (C=O) groups excluding carboxylic acids is 4. The van der Waals surface area contributed by atoms with Crippen molar-refractivity contribution in [3.63, 3.8) is 0 Å². The van der Waals surface area contributed by atoms with Gasteiger partial charge in [0.15, 0.2) is 35.7 Å². The Bertz CT molecular complexity index is 1910. The van der Waals surface area contributed by atoms with Crippen molar-refractivity contribution in [2.24, 2.45) is 19.1 Å². The van der Waals surface area contributed by atoms with E-state index in [0.717, 1.165) is 28.7 Å². The number of aliphatic imine (C=N–C) groups is 1. The number of amides is 2. The van der Waals surface area contributed by atoms with Gasteiger partial charge in [0, 0.05) is 70.0 Å². The molecule has 0 bridgehead atoms. The van der Waals surface area contributed by atoms with E-state index in [1.165, 1.54) is 11.7 Å². The molecule has 254 valence electrons. The van der Waals surface area contributed by atoms with Crippen molar-refractivity contribution in [3.8, 4) is 22.6 Å². The number of ether oxygens (including phenoxy) is 2. The van der Waals surface area contributed by atoms with Crippen molar-refractivity contribution in [2.75, 3.05) is 37.9 Å². The summed E-state index contributed by atoms with van der Waals surface area (Å²) in [5, 5.41) is 5.73. The van der Waals surface area contributed by atoms with Crippen LogP contribution < -0.4 is 20.1 Å². The van der Waals surface area contributed by atoms with Gasteiger partial charge in [0.2, 0.25) is 5.91 Å². The van der Waals surface area contributed by atoms with E-state index < -0.39 is 0 Å². The molecule has 13 nitrogen and oxygen atoms in total. The number of methoxy groups -OCH3 is 1. The number of carbonyl (C=O) groups is 4. The topological polar surface area (TPSA) is 149 Å². The van der Waals surface area contributed by atoms with Gasteiger partial charge in [0.1, 0.15) is 0 Å². The third kappa shape index (κ3) is 7.95. The molecule has 1 unspecified atom stereocenters. The summed E-state index contributed by atoms with van der Waals surface area (Å²) in [6, 6.07) is 13.2. The van der Waals surface area contributed by atoms with Crippen LogP contribution in [0.4, 0.5) is 17.2 Å². The fourth-order valence-electron chi connectivity index (χ4n) is 5.56. The highest BCUT2D eigenvalue weighted by Gasteiger charge is 2.34. The van der Waals surface area contributed by atoms with E-state index in [1.54, 1.807) is 36.5 Å². The number of aromatic nitrogens is 3. The summed E-state index contributed by atoms with van der Waals surface area (Å²) in [5.74, 6) is 1.09. The summed E-state index contributed by atoms with van der Waals surface area (Å²) in [4.78, 5) is 57.0. The lowest BCUT2D eigenvalue weighted by Gasteiger charge is -2.20. The maximum absolute atomic E-state index is 13.0. The van der Waals surface area contributed by atoms with E-state index in [9.17, 15) is 19.2 Å².